The first-order chi connectivity index (χ1) is 10.1. The largest absolute Gasteiger partial charge is 0.507 e. The molecule has 7 heteroatoms. The Bertz CT molecular complexity index is 825. The van der Waals surface area contributed by atoms with Crippen LogP contribution in [0.4, 0.5) is 10.8 Å². The molecule has 0 saturated carbocycles. The highest BCUT2D eigenvalue weighted by Gasteiger charge is 2.10. The van der Waals surface area contributed by atoms with Crippen LogP contribution in [0.5, 0.6) is 5.75 Å². The monoisotopic (exact) mass is 299 g/mol. The summed E-state index contributed by atoms with van der Waals surface area (Å²) in [6.45, 7) is 0. The molecule has 0 bridgehead atoms. The third-order valence-electron chi connectivity index (χ3n) is 2.74. The molecule has 1 heterocycles. The van der Waals surface area contributed by atoms with Crippen LogP contribution < -0.4 is 0 Å². The molecule has 0 atom stereocenters. The third-order valence-corrected chi connectivity index (χ3v) is 3.66. The number of hydrogen-bond acceptors (Lipinski definition) is 6. The van der Waals surface area contributed by atoms with Crippen LogP contribution in [0.15, 0.2) is 52.7 Å². The first-order valence-corrected chi connectivity index (χ1v) is 6.79. The Balaban J connectivity index is 1.92. The van der Waals surface area contributed by atoms with Crippen molar-refractivity contribution < 1.29 is 15.0 Å². The van der Waals surface area contributed by atoms with Gasteiger partial charge in [0.25, 0.3) is 0 Å². The van der Waals surface area contributed by atoms with E-state index < -0.39 is 5.97 Å². The minimum atomic E-state index is -1.22. The highest BCUT2D eigenvalue weighted by molar-refractivity contribution is 7.21. The minimum Gasteiger partial charge on any atom is -0.507 e. The zero-order valence-corrected chi connectivity index (χ0v) is 11.4. The van der Waals surface area contributed by atoms with E-state index in [1.54, 1.807) is 0 Å². The number of aromatic carboxylic acids is 1. The molecule has 0 aliphatic carbocycles. The fourth-order valence-electron chi connectivity index (χ4n) is 1.76. The van der Waals surface area contributed by atoms with Crippen molar-refractivity contribution in [2.45, 2.75) is 0 Å². The number of azo groups is 1. The molecule has 0 unspecified atom stereocenters. The van der Waals surface area contributed by atoms with Crippen molar-refractivity contribution in [3.05, 3.63) is 48.0 Å². The van der Waals surface area contributed by atoms with Crippen LogP contribution in [-0.4, -0.2) is 21.2 Å². The number of nitrogens with zero attached hydrogens (tertiary/aromatic N) is 3. The predicted molar refractivity (Wildman–Crippen MR) is 78.9 cm³/mol. The van der Waals surface area contributed by atoms with Crippen molar-refractivity contribution in [1.82, 2.24) is 4.98 Å². The second kappa shape index (κ2) is 5.29. The molecule has 0 amide bonds. The molecule has 3 rings (SSSR count). The Labute approximate surface area is 123 Å². The van der Waals surface area contributed by atoms with Crippen LogP contribution in [0.1, 0.15) is 10.4 Å². The number of aromatic hydroxyl groups is 1. The van der Waals surface area contributed by atoms with E-state index in [1.165, 1.54) is 29.5 Å². The molecule has 0 fully saturated rings. The van der Waals surface area contributed by atoms with E-state index in [-0.39, 0.29) is 11.3 Å². The van der Waals surface area contributed by atoms with Gasteiger partial charge in [-0.3, -0.25) is 0 Å². The van der Waals surface area contributed by atoms with Crippen LogP contribution in [-0.2, 0) is 0 Å². The molecule has 21 heavy (non-hydrogen) atoms. The molecule has 0 aliphatic rings. The van der Waals surface area contributed by atoms with Gasteiger partial charge in [-0.1, -0.05) is 23.5 Å². The standard InChI is InChI=1S/C14H9N3O3S/c18-11-6-5-8(7-9(11)13(19)20)16-17-14-15-10-3-1-2-4-12(10)21-14/h1-7,18H,(H,19,20). The Morgan fingerprint density at radius 2 is 1.95 bits per heavy atom. The average molecular weight is 299 g/mol. The summed E-state index contributed by atoms with van der Waals surface area (Å²) in [6.07, 6.45) is 0. The number of benzene rings is 2. The molecule has 1 aromatic heterocycles. The number of rotatable bonds is 3. The van der Waals surface area contributed by atoms with Crippen molar-refractivity contribution in [3.63, 3.8) is 0 Å². The lowest BCUT2D eigenvalue weighted by Gasteiger charge is -1.99. The minimum absolute atomic E-state index is 0.212. The molecule has 104 valence electrons. The summed E-state index contributed by atoms with van der Waals surface area (Å²) < 4.78 is 1.00. The maximum Gasteiger partial charge on any atom is 0.339 e. The van der Waals surface area contributed by atoms with Gasteiger partial charge >= 0.3 is 5.97 Å². The van der Waals surface area contributed by atoms with E-state index >= 15 is 0 Å². The predicted octanol–water partition coefficient (Wildman–Crippen LogP) is 4.12. The summed E-state index contributed by atoms with van der Waals surface area (Å²) >= 11 is 1.39. The fraction of sp³-hybridized carbons (Fsp3) is 0. The number of para-hydroxylation sites is 1. The quantitative estimate of drug-likeness (QED) is 0.711. The maximum absolute atomic E-state index is 10.9. The van der Waals surface area contributed by atoms with Gasteiger partial charge in [0.2, 0.25) is 5.13 Å². The van der Waals surface area contributed by atoms with Crippen molar-refractivity contribution in [3.8, 4) is 5.75 Å². The zero-order valence-electron chi connectivity index (χ0n) is 10.6. The second-order valence-electron chi connectivity index (χ2n) is 4.17. The number of carbonyl (C=O) groups is 1. The van der Waals surface area contributed by atoms with Gasteiger partial charge in [-0.2, -0.15) is 0 Å². The topological polar surface area (TPSA) is 95.1 Å². The molecular weight excluding hydrogens is 290 g/mol. The molecule has 0 radical (unpaired) electrons. The van der Waals surface area contributed by atoms with Crippen LogP contribution in [0.25, 0.3) is 10.2 Å². The van der Waals surface area contributed by atoms with E-state index in [1.807, 2.05) is 24.3 Å². The number of hydrogen-bond donors (Lipinski definition) is 2. The second-order valence-corrected chi connectivity index (χ2v) is 5.18. The van der Waals surface area contributed by atoms with Crippen molar-refractivity contribution in [1.29, 1.82) is 0 Å². The van der Waals surface area contributed by atoms with Crippen LogP contribution in [0.2, 0.25) is 0 Å². The van der Waals surface area contributed by atoms with Crippen LogP contribution >= 0.6 is 11.3 Å². The lowest BCUT2D eigenvalue weighted by molar-refractivity contribution is 0.0694. The first kappa shape index (κ1) is 13.2. The zero-order chi connectivity index (χ0) is 14.8. The number of aromatic nitrogens is 1. The van der Waals surface area contributed by atoms with Gasteiger partial charge in [0.05, 0.1) is 15.9 Å². The summed E-state index contributed by atoms with van der Waals surface area (Å²) in [5, 5.41) is 26.8. The van der Waals surface area contributed by atoms with E-state index in [0.29, 0.717) is 10.8 Å². The summed E-state index contributed by atoms with van der Waals surface area (Å²) in [6, 6.07) is 11.6. The van der Waals surface area contributed by atoms with Crippen molar-refractivity contribution in [2.75, 3.05) is 0 Å². The lowest BCUT2D eigenvalue weighted by Crippen LogP contribution is -1.95. The average Bonchev–Trinajstić information content (AvgIpc) is 2.89. The van der Waals surface area contributed by atoms with E-state index in [9.17, 15) is 9.90 Å². The van der Waals surface area contributed by atoms with Gasteiger partial charge < -0.3 is 10.2 Å². The van der Waals surface area contributed by atoms with Crippen LogP contribution in [0.3, 0.4) is 0 Å². The highest BCUT2D eigenvalue weighted by Crippen LogP contribution is 2.30. The third kappa shape index (κ3) is 2.72. The van der Waals surface area contributed by atoms with Gasteiger partial charge in [-0.15, -0.1) is 10.2 Å². The van der Waals surface area contributed by atoms with E-state index in [4.69, 9.17) is 5.11 Å². The molecule has 0 spiro atoms. The summed E-state index contributed by atoms with van der Waals surface area (Å²) in [5.41, 5.74) is 0.966. The SMILES string of the molecule is O=C(O)c1cc(N=Nc2nc3ccccc3s2)ccc1O. The van der Waals surface area contributed by atoms with E-state index in [0.717, 1.165) is 10.2 Å². The molecule has 6 nitrogen and oxygen atoms in total. The molecular formula is C14H9N3O3S. The molecule has 0 saturated heterocycles. The summed E-state index contributed by atoms with van der Waals surface area (Å²) in [4.78, 5) is 15.2. The Hall–Kier alpha value is -2.80. The number of carboxylic acids is 1. The molecule has 2 aromatic carbocycles. The number of phenols is 1. The van der Waals surface area contributed by atoms with Gasteiger partial charge in [-0.05, 0) is 30.3 Å². The first-order valence-electron chi connectivity index (χ1n) is 5.97. The van der Waals surface area contributed by atoms with Crippen molar-refractivity contribution >= 4 is 38.3 Å². The van der Waals surface area contributed by atoms with Gasteiger partial charge in [0, 0.05) is 0 Å². The van der Waals surface area contributed by atoms with Gasteiger partial charge in [0.1, 0.15) is 11.3 Å². The normalized spacial score (nSPS) is 11.2. The van der Waals surface area contributed by atoms with E-state index in [2.05, 4.69) is 15.2 Å². The Morgan fingerprint density at radius 3 is 2.71 bits per heavy atom. The summed E-state index contributed by atoms with van der Waals surface area (Å²) in [5.74, 6) is -1.52. The smallest absolute Gasteiger partial charge is 0.339 e. The Morgan fingerprint density at radius 1 is 1.14 bits per heavy atom. The highest BCUT2D eigenvalue weighted by atomic mass is 32.1. The molecule has 0 aliphatic heterocycles. The van der Waals surface area contributed by atoms with Gasteiger partial charge in [-0.25, -0.2) is 9.78 Å². The number of carboxylic acid groups (broad SMARTS) is 1. The van der Waals surface area contributed by atoms with Crippen LogP contribution in [0, 0.1) is 0 Å². The van der Waals surface area contributed by atoms with Crippen molar-refractivity contribution in [2.24, 2.45) is 10.2 Å². The summed E-state index contributed by atoms with van der Waals surface area (Å²) in [7, 11) is 0. The number of thiazole rings is 1. The lowest BCUT2D eigenvalue weighted by atomic mass is 10.2. The molecule has 3 aromatic rings. The maximum atomic E-state index is 10.9. The molecule has 2 N–H and O–H groups in total. The number of fused-ring (bicyclic) bond motifs is 1. The Kier molecular flexibility index (Phi) is 3.33. The van der Waals surface area contributed by atoms with Gasteiger partial charge in [0.15, 0.2) is 0 Å². The fourth-order valence-corrected chi connectivity index (χ4v) is 2.55.